The molecule has 1 amide bonds. The highest BCUT2D eigenvalue weighted by Gasteiger charge is 2.06. The van der Waals surface area contributed by atoms with Crippen LogP contribution in [0.4, 0.5) is 5.69 Å². The van der Waals surface area contributed by atoms with Crippen molar-refractivity contribution in [1.82, 2.24) is 9.97 Å². The van der Waals surface area contributed by atoms with Crippen LogP contribution >= 0.6 is 11.8 Å². The maximum absolute atomic E-state index is 12.1. The molecular weight excluding hydrogens is 330 g/mol. The number of hydrogen-bond acceptors (Lipinski definition) is 4. The lowest BCUT2D eigenvalue weighted by Crippen LogP contribution is -2.14. The number of nitrogens with zero attached hydrogens (tertiary/aromatic N) is 2. The van der Waals surface area contributed by atoms with Crippen molar-refractivity contribution in [3.8, 4) is 11.1 Å². The average molecular weight is 349 g/mol. The average Bonchev–Trinajstić information content (AvgIpc) is 2.61. The largest absolute Gasteiger partial charge is 0.325 e. The first-order chi connectivity index (χ1) is 12.1. The van der Waals surface area contributed by atoms with Crippen LogP contribution in [-0.4, -0.2) is 21.6 Å². The summed E-state index contributed by atoms with van der Waals surface area (Å²) >= 11 is 1.41. The highest BCUT2D eigenvalue weighted by molar-refractivity contribution is 7.99. The van der Waals surface area contributed by atoms with E-state index in [4.69, 9.17) is 0 Å². The number of benzene rings is 2. The number of carbonyl (C=O) groups is 1. The summed E-state index contributed by atoms with van der Waals surface area (Å²) in [4.78, 5) is 20.7. The van der Waals surface area contributed by atoms with Crippen LogP contribution in [0.5, 0.6) is 0 Å². The summed E-state index contributed by atoms with van der Waals surface area (Å²) in [6.45, 7) is 3.78. The van der Waals surface area contributed by atoms with E-state index in [1.54, 1.807) is 0 Å². The smallest absolute Gasteiger partial charge is 0.234 e. The number of nitrogens with one attached hydrogen (secondary N) is 1. The Bertz CT molecular complexity index is 844. The summed E-state index contributed by atoms with van der Waals surface area (Å²) in [6.07, 6.45) is 0. The van der Waals surface area contributed by atoms with Crippen LogP contribution < -0.4 is 5.32 Å². The van der Waals surface area contributed by atoms with Gasteiger partial charge in [-0.2, -0.15) is 0 Å². The Balaban J connectivity index is 1.57. The summed E-state index contributed by atoms with van der Waals surface area (Å²) in [6, 6.07) is 19.9. The number of rotatable bonds is 5. The molecule has 0 saturated carbocycles. The molecule has 25 heavy (non-hydrogen) atoms. The van der Waals surface area contributed by atoms with Crippen LogP contribution in [0.3, 0.4) is 0 Å². The Morgan fingerprint density at radius 3 is 2.32 bits per heavy atom. The molecule has 0 atom stereocenters. The second-order valence-electron chi connectivity index (χ2n) is 5.68. The van der Waals surface area contributed by atoms with Gasteiger partial charge in [0.05, 0.1) is 5.75 Å². The van der Waals surface area contributed by atoms with E-state index in [-0.39, 0.29) is 5.91 Å². The molecule has 3 rings (SSSR count). The van der Waals surface area contributed by atoms with Crippen molar-refractivity contribution in [2.45, 2.75) is 18.9 Å². The van der Waals surface area contributed by atoms with Crippen molar-refractivity contribution in [1.29, 1.82) is 0 Å². The molecule has 1 aromatic heterocycles. The zero-order chi connectivity index (χ0) is 17.6. The fourth-order valence-corrected chi connectivity index (χ4v) is 3.27. The molecule has 1 N–H and O–H groups in total. The summed E-state index contributed by atoms with van der Waals surface area (Å²) < 4.78 is 0. The van der Waals surface area contributed by atoms with Crippen LogP contribution in [0, 0.1) is 13.8 Å². The molecule has 0 unspecified atom stereocenters. The van der Waals surface area contributed by atoms with E-state index in [9.17, 15) is 4.79 Å². The first kappa shape index (κ1) is 17.2. The fraction of sp³-hybridized carbons (Fsp3) is 0.150. The molecule has 0 radical (unpaired) electrons. The highest BCUT2D eigenvalue weighted by Crippen LogP contribution is 2.21. The van der Waals surface area contributed by atoms with Gasteiger partial charge in [-0.3, -0.25) is 4.79 Å². The van der Waals surface area contributed by atoms with Gasteiger partial charge < -0.3 is 5.32 Å². The fourth-order valence-electron chi connectivity index (χ4n) is 2.47. The number of carbonyl (C=O) groups excluding carboxylic acids is 1. The minimum absolute atomic E-state index is 0.0496. The molecule has 0 saturated heterocycles. The summed E-state index contributed by atoms with van der Waals surface area (Å²) in [7, 11) is 0. The van der Waals surface area contributed by atoms with Gasteiger partial charge in [-0.05, 0) is 43.2 Å². The van der Waals surface area contributed by atoms with Gasteiger partial charge in [0.2, 0.25) is 5.91 Å². The Morgan fingerprint density at radius 2 is 1.64 bits per heavy atom. The summed E-state index contributed by atoms with van der Waals surface area (Å²) in [5.74, 6) is 0.988. The van der Waals surface area contributed by atoms with Crippen LogP contribution in [0.25, 0.3) is 11.1 Å². The predicted octanol–water partition coefficient (Wildman–Crippen LogP) is 4.49. The molecule has 2 aromatic carbocycles. The Morgan fingerprint density at radius 1 is 0.960 bits per heavy atom. The van der Waals surface area contributed by atoms with E-state index in [0.29, 0.717) is 5.75 Å². The zero-order valence-electron chi connectivity index (χ0n) is 14.2. The van der Waals surface area contributed by atoms with Gasteiger partial charge >= 0.3 is 0 Å². The third-order valence-electron chi connectivity index (χ3n) is 3.57. The van der Waals surface area contributed by atoms with Gasteiger partial charge in [-0.15, -0.1) is 0 Å². The van der Waals surface area contributed by atoms with Crippen LogP contribution in [0.1, 0.15) is 11.5 Å². The van der Waals surface area contributed by atoms with Crippen LogP contribution in [-0.2, 0) is 4.79 Å². The number of anilines is 1. The van der Waals surface area contributed by atoms with Gasteiger partial charge in [-0.25, -0.2) is 9.97 Å². The third-order valence-corrected chi connectivity index (χ3v) is 4.48. The van der Waals surface area contributed by atoms with Crippen molar-refractivity contribution < 1.29 is 4.79 Å². The first-order valence-corrected chi connectivity index (χ1v) is 8.99. The molecule has 0 aliphatic heterocycles. The SMILES string of the molecule is Cc1cc(SCC(=O)Nc2ccc(-c3ccccc3)cc2)nc(C)n1. The number of hydrogen-bond donors (Lipinski definition) is 1. The maximum Gasteiger partial charge on any atom is 0.234 e. The minimum Gasteiger partial charge on any atom is -0.325 e. The van der Waals surface area contributed by atoms with E-state index < -0.39 is 0 Å². The lowest BCUT2D eigenvalue weighted by Gasteiger charge is -2.07. The summed E-state index contributed by atoms with van der Waals surface area (Å²) in [5, 5.41) is 3.74. The molecule has 0 fully saturated rings. The third kappa shape index (κ3) is 4.90. The number of amides is 1. The van der Waals surface area contributed by atoms with Crippen molar-refractivity contribution in [2.75, 3.05) is 11.1 Å². The van der Waals surface area contributed by atoms with E-state index in [0.717, 1.165) is 33.4 Å². The molecule has 4 nitrogen and oxygen atoms in total. The molecule has 0 aliphatic rings. The molecular formula is C20H19N3OS. The Labute approximate surface area is 151 Å². The normalized spacial score (nSPS) is 10.5. The first-order valence-electron chi connectivity index (χ1n) is 8.00. The molecule has 126 valence electrons. The lowest BCUT2D eigenvalue weighted by atomic mass is 10.1. The highest BCUT2D eigenvalue weighted by atomic mass is 32.2. The quantitative estimate of drug-likeness (QED) is 0.545. The number of thioether (sulfide) groups is 1. The van der Waals surface area contributed by atoms with Gasteiger partial charge in [0.15, 0.2) is 0 Å². The van der Waals surface area contributed by atoms with Gasteiger partial charge in [0, 0.05) is 11.4 Å². The van der Waals surface area contributed by atoms with Gasteiger partial charge in [-0.1, -0.05) is 54.2 Å². The lowest BCUT2D eigenvalue weighted by molar-refractivity contribution is -0.113. The van der Waals surface area contributed by atoms with Crippen LogP contribution in [0.15, 0.2) is 65.7 Å². The minimum atomic E-state index is -0.0496. The van der Waals surface area contributed by atoms with E-state index in [1.807, 2.05) is 62.4 Å². The standard InChI is InChI=1S/C20H19N3OS/c1-14-12-20(22-15(2)21-14)25-13-19(24)23-18-10-8-17(9-11-18)16-6-4-3-5-7-16/h3-12H,13H2,1-2H3,(H,23,24). The van der Waals surface area contributed by atoms with Crippen molar-refractivity contribution >= 4 is 23.4 Å². The topological polar surface area (TPSA) is 54.9 Å². The number of aryl methyl sites for hydroxylation is 2. The van der Waals surface area contributed by atoms with Crippen molar-refractivity contribution in [3.63, 3.8) is 0 Å². The molecule has 3 aromatic rings. The van der Waals surface area contributed by atoms with Crippen LogP contribution in [0.2, 0.25) is 0 Å². The Hall–Kier alpha value is -2.66. The second-order valence-corrected chi connectivity index (χ2v) is 6.67. The van der Waals surface area contributed by atoms with Gasteiger partial charge in [0.25, 0.3) is 0 Å². The van der Waals surface area contributed by atoms with E-state index >= 15 is 0 Å². The molecule has 0 aliphatic carbocycles. The molecule has 5 heteroatoms. The number of aromatic nitrogens is 2. The molecule has 0 bridgehead atoms. The van der Waals surface area contributed by atoms with Gasteiger partial charge in [0.1, 0.15) is 10.9 Å². The monoisotopic (exact) mass is 349 g/mol. The van der Waals surface area contributed by atoms with E-state index in [1.165, 1.54) is 11.8 Å². The molecule has 1 heterocycles. The zero-order valence-corrected chi connectivity index (χ0v) is 15.0. The van der Waals surface area contributed by atoms with E-state index in [2.05, 4.69) is 27.4 Å². The summed E-state index contributed by atoms with van der Waals surface area (Å²) in [5.41, 5.74) is 3.98. The predicted molar refractivity (Wildman–Crippen MR) is 103 cm³/mol. The molecule has 0 spiro atoms. The maximum atomic E-state index is 12.1. The Kier molecular flexibility index (Phi) is 5.46. The van der Waals surface area contributed by atoms with Crippen molar-refractivity contribution in [2.24, 2.45) is 0 Å². The second kappa shape index (κ2) is 7.94. The van der Waals surface area contributed by atoms with Crippen molar-refractivity contribution in [3.05, 3.63) is 72.2 Å².